The SMILES string of the molecule is CC#CCOc1ccc(C2C3=C(CC(C)(C)CO3)Nc3c(O)cccc3N2C(=O)c2cccc(C)n2)c(F)c1. The van der Waals surface area contributed by atoms with Crippen LogP contribution >= 0.6 is 0 Å². The van der Waals surface area contributed by atoms with E-state index >= 15 is 4.39 Å². The van der Waals surface area contributed by atoms with Crippen LogP contribution in [0.5, 0.6) is 11.5 Å². The number of phenolic OH excluding ortho intramolecular Hbond substituents is 1. The zero-order valence-electron chi connectivity index (χ0n) is 22.3. The van der Waals surface area contributed by atoms with Crippen LogP contribution < -0.4 is 15.0 Å². The van der Waals surface area contributed by atoms with Crippen LogP contribution in [0.4, 0.5) is 15.8 Å². The number of amides is 1. The van der Waals surface area contributed by atoms with Crippen LogP contribution in [0.25, 0.3) is 0 Å². The van der Waals surface area contributed by atoms with Gasteiger partial charge in [-0.25, -0.2) is 9.37 Å². The number of fused-ring (bicyclic) bond motifs is 1. The molecule has 0 saturated carbocycles. The number of benzene rings is 2. The first-order chi connectivity index (χ1) is 18.7. The highest BCUT2D eigenvalue weighted by Crippen LogP contribution is 2.50. The van der Waals surface area contributed by atoms with Crippen molar-refractivity contribution in [3.63, 3.8) is 0 Å². The first-order valence-corrected chi connectivity index (χ1v) is 12.7. The fraction of sp³-hybridized carbons (Fsp3) is 0.290. The number of anilines is 2. The van der Waals surface area contributed by atoms with Crippen molar-refractivity contribution in [1.29, 1.82) is 0 Å². The average molecular weight is 528 g/mol. The summed E-state index contributed by atoms with van der Waals surface area (Å²) in [6.07, 6.45) is 0.565. The summed E-state index contributed by atoms with van der Waals surface area (Å²) >= 11 is 0. The van der Waals surface area contributed by atoms with Crippen LogP contribution in [-0.2, 0) is 4.74 Å². The van der Waals surface area contributed by atoms with Crippen LogP contribution in [0.3, 0.4) is 0 Å². The van der Waals surface area contributed by atoms with Crippen molar-refractivity contribution in [1.82, 2.24) is 4.98 Å². The number of hydrogen-bond acceptors (Lipinski definition) is 6. The van der Waals surface area contributed by atoms with Gasteiger partial charge in [-0.15, -0.1) is 5.92 Å². The molecule has 0 bridgehead atoms. The molecule has 2 aliphatic heterocycles. The van der Waals surface area contributed by atoms with Gasteiger partial charge in [-0.05, 0) is 56.7 Å². The third-order valence-corrected chi connectivity index (χ3v) is 6.71. The lowest BCUT2D eigenvalue weighted by atomic mass is 9.85. The number of pyridine rings is 1. The number of aromatic nitrogens is 1. The van der Waals surface area contributed by atoms with Crippen LogP contribution in [0, 0.1) is 30.0 Å². The third-order valence-electron chi connectivity index (χ3n) is 6.71. The second-order valence-corrected chi connectivity index (χ2v) is 10.4. The fourth-order valence-electron chi connectivity index (χ4n) is 4.89. The van der Waals surface area contributed by atoms with E-state index in [2.05, 4.69) is 36.0 Å². The molecule has 200 valence electrons. The number of rotatable bonds is 4. The molecule has 2 aromatic carbocycles. The normalized spacial score (nSPS) is 17.5. The van der Waals surface area contributed by atoms with Crippen LogP contribution in [0.1, 0.15) is 55.0 Å². The summed E-state index contributed by atoms with van der Waals surface area (Å²) in [7, 11) is 0. The Hall–Kier alpha value is -4.51. The van der Waals surface area contributed by atoms with Crippen molar-refractivity contribution in [2.45, 2.75) is 40.2 Å². The van der Waals surface area contributed by atoms with Gasteiger partial charge in [0.15, 0.2) is 0 Å². The van der Waals surface area contributed by atoms with Gasteiger partial charge in [0.05, 0.1) is 18.0 Å². The molecule has 39 heavy (non-hydrogen) atoms. The van der Waals surface area contributed by atoms with Crippen molar-refractivity contribution >= 4 is 17.3 Å². The minimum Gasteiger partial charge on any atom is -0.506 e. The summed E-state index contributed by atoms with van der Waals surface area (Å²) in [5.74, 6) is 5.20. The molecule has 1 unspecified atom stereocenters. The molecule has 1 aromatic heterocycles. The summed E-state index contributed by atoms with van der Waals surface area (Å²) in [6.45, 7) is 8.13. The van der Waals surface area contributed by atoms with Gasteiger partial charge in [0.25, 0.3) is 5.91 Å². The van der Waals surface area contributed by atoms with Gasteiger partial charge in [0.1, 0.15) is 47.1 Å². The lowest BCUT2D eigenvalue weighted by Crippen LogP contribution is -2.39. The number of allylic oxidation sites excluding steroid dienone is 1. The highest BCUT2D eigenvalue weighted by Gasteiger charge is 2.43. The molecule has 8 heteroatoms. The van der Waals surface area contributed by atoms with E-state index < -0.39 is 17.8 Å². The quantitative estimate of drug-likeness (QED) is 0.315. The zero-order chi connectivity index (χ0) is 27.7. The summed E-state index contributed by atoms with van der Waals surface area (Å²) in [4.78, 5) is 20.1. The van der Waals surface area contributed by atoms with Gasteiger partial charge in [-0.3, -0.25) is 9.69 Å². The van der Waals surface area contributed by atoms with Crippen molar-refractivity contribution in [2.24, 2.45) is 5.41 Å². The first kappa shape index (κ1) is 26.1. The lowest BCUT2D eigenvalue weighted by molar-refractivity contribution is 0.0756. The molecular weight excluding hydrogens is 497 g/mol. The smallest absolute Gasteiger partial charge is 0.277 e. The molecule has 3 heterocycles. The summed E-state index contributed by atoms with van der Waals surface area (Å²) in [5.41, 5.74) is 2.23. The Morgan fingerprint density at radius 1 is 1.26 bits per heavy atom. The average Bonchev–Trinajstić information content (AvgIpc) is 3.03. The number of halogens is 1. The van der Waals surface area contributed by atoms with Crippen molar-refractivity contribution < 1.29 is 23.8 Å². The van der Waals surface area contributed by atoms with E-state index in [1.54, 1.807) is 62.4 Å². The second kappa shape index (κ2) is 10.3. The van der Waals surface area contributed by atoms with Crippen molar-refractivity contribution in [3.05, 3.63) is 88.8 Å². The predicted molar refractivity (Wildman–Crippen MR) is 147 cm³/mol. The van der Waals surface area contributed by atoms with Gasteiger partial charge in [-0.2, -0.15) is 0 Å². The molecule has 2 aliphatic rings. The standard InChI is InChI=1S/C31H30FN3O4/c1-5-6-15-38-20-13-14-21(22(32)16-20)28-29-24(17-31(3,4)18-39-29)34-27-25(11-8-12-26(27)36)35(28)30(37)23-10-7-9-19(2)33-23/h7-14,16,28,34,36H,15,17-18H2,1-4H3. The number of nitrogens with zero attached hydrogens (tertiary/aromatic N) is 2. The van der Waals surface area contributed by atoms with E-state index in [-0.39, 0.29) is 29.0 Å². The number of aromatic hydroxyl groups is 1. The highest BCUT2D eigenvalue weighted by molar-refractivity contribution is 6.08. The largest absolute Gasteiger partial charge is 0.506 e. The number of hydrogen-bond donors (Lipinski definition) is 2. The Morgan fingerprint density at radius 2 is 2.05 bits per heavy atom. The lowest BCUT2D eigenvalue weighted by Gasteiger charge is -2.38. The van der Waals surface area contributed by atoms with Crippen LogP contribution in [0.15, 0.2) is 66.1 Å². The maximum absolute atomic E-state index is 15.9. The predicted octanol–water partition coefficient (Wildman–Crippen LogP) is 6.11. The first-order valence-electron chi connectivity index (χ1n) is 12.7. The molecule has 0 radical (unpaired) electrons. The van der Waals surface area contributed by atoms with E-state index in [1.807, 2.05) is 0 Å². The van der Waals surface area contributed by atoms with E-state index in [9.17, 15) is 9.90 Å². The number of carbonyl (C=O) groups excluding carboxylic acids is 1. The molecule has 0 fully saturated rings. The zero-order valence-corrected chi connectivity index (χ0v) is 22.3. The fourth-order valence-corrected chi connectivity index (χ4v) is 4.89. The maximum atomic E-state index is 15.9. The summed E-state index contributed by atoms with van der Waals surface area (Å²) in [6, 6.07) is 13.6. The van der Waals surface area contributed by atoms with Gasteiger partial charge < -0.3 is 19.9 Å². The molecule has 0 saturated heterocycles. The topological polar surface area (TPSA) is 83.9 Å². The number of phenols is 1. The minimum absolute atomic E-state index is 0.0420. The molecule has 7 nitrogen and oxygen atoms in total. The number of para-hydroxylation sites is 1. The molecule has 2 N–H and O–H groups in total. The Balaban J connectivity index is 1.74. The Kier molecular flexibility index (Phi) is 6.92. The maximum Gasteiger partial charge on any atom is 0.277 e. The Bertz CT molecular complexity index is 1540. The third kappa shape index (κ3) is 5.13. The molecule has 5 rings (SSSR count). The van der Waals surface area contributed by atoms with Crippen LogP contribution in [0.2, 0.25) is 0 Å². The molecule has 0 aliphatic carbocycles. The van der Waals surface area contributed by atoms with E-state index in [4.69, 9.17) is 9.47 Å². The molecule has 1 atom stereocenters. The molecular formula is C31H30FN3O4. The minimum atomic E-state index is -0.981. The second-order valence-electron chi connectivity index (χ2n) is 10.4. The number of carbonyl (C=O) groups is 1. The van der Waals surface area contributed by atoms with E-state index in [0.717, 1.165) is 0 Å². The highest BCUT2D eigenvalue weighted by atomic mass is 19.1. The summed E-state index contributed by atoms with van der Waals surface area (Å²) in [5, 5.41) is 14.2. The summed E-state index contributed by atoms with van der Waals surface area (Å²) < 4.78 is 27.8. The molecule has 0 spiro atoms. The van der Waals surface area contributed by atoms with Crippen molar-refractivity contribution in [2.75, 3.05) is 23.4 Å². The molecule has 1 amide bonds. The Morgan fingerprint density at radius 3 is 2.79 bits per heavy atom. The van der Waals surface area contributed by atoms with Gasteiger partial charge in [0, 0.05) is 22.7 Å². The van der Waals surface area contributed by atoms with Gasteiger partial charge in [0.2, 0.25) is 0 Å². The number of nitrogens with one attached hydrogen (secondary N) is 1. The van der Waals surface area contributed by atoms with Crippen molar-refractivity contribution in [3.8, 4) is 23.3 Å². The van der Waals surface area contributed by atoms with Gasteiger partial charge in [-0.1, -0.05) is 31.9 Å². The van der Waals surface area contributed by atoms with Gasteiger partial charge >= 0.3 is 0 Å². The molecule has 3 aromatic rings. The van der Waals surface area contributed by atoms with E-state index in [0.29, 0.717) is 47.3 Å². The number of ether oxygens (including phenoxy) is 2. The van der Waals surface area contributed by atoms with E-state index in [1.165, 1.54) is 11.0 Å². The number of aryl methyl sites for hydroxylation is 1. The van der Waals surface area contributed by atoms with Crippen LogP contribution in [-0.4, -0.2) is 29.2 Å². The Labute approximate surface area is 227 Å². The monoisotopic (exact) mass is 527 g/mol.